The summed E-state index contributed by atoms with van der Waals surface area (Å²) in [5, 5.41) is 8.63. The normalized spacial score (nSPS) is 11.7. The Hall–Kier alpha value is -3.60. The third-order valence-electron chi connectivity index (χ3n) is 7.16. The Bertz CT molecular complexity index is 1270. The molecule has 0 aliphatic carbocycles. The number of hydrogen-bond acceptors (Lipinski definition) is 0. The molecule has 3 heteroatoms. The highest BCUT2D eigenvalue weighted by atomic mass is 31.7. The average molecular weight is 553 g/mol. The minimum Gasteiger partial charge on any atom is -0.0620 e. The minimum absolute atomic E-state index is 0.642. The molecule has 0 saturated carbocycles. The zero-order chi connectivity index (χ0) is 26.4. The Morgan fingerprint density at radius 1 is 0.231 bits per heavy atom. The highest BCUT2D eigenvalue weighted by Gasteiger charge is 2.64. The molecule has 0 unspecified atom stereocenters. The first kappa shape index (κ1) is 25.7. The predicted octanol–water partition coefficient (Wildman–Crippen LogP) is 6.51. The van der Waals surface area contributed by atoms with Crippen LogP contribution in [0, 0.1) is 0 Å². The number of benzene rings is 6. The van der Waals surface area contributed by atoms with Crippen LogP contribution in [0.2, 0.25) is 0 Å². The van der Waals surface area contributed by atoms with Crippen LogP contribution in [0.15, 0.2) is 182 Å². The smallest absolute Gasteiger partial charge is 0.0620 e. The van der Waals surface area contributed by atoms with Gasteiger partial charge in [-0.05, 0) is 72.8 Å². The van der Waals surface area contributed by atoms with Crippen molar-refractivity contribution in [2.24, 2.45) is 0 Å². The zero-order valence-corrected chi connectivity index (χ0v) is 24.5. The largest absolute Gasteiger partial charge is 0.576 e. The van der Waals surface area contributed by atoms with Crippen LogP contribution in [-0.2, 0) is 0 Å². The lowest BCUT2D eigenvalue weighted by Gasteiger charge is -2.32. The van der Waals surface area contributed by atoms with E-state index in [4.69, 9.17) is 0 Å². The molecule has 0 amide bonds. The fourth-order valence-corrected chi connectivity index (χ4v) is 28.4. The molecule has 6 aromatic rings. The molecule has 0 bridgehead atoms. The standard InChI is InChI=1S/C36H30P2Si/c1-7-19-31(20-8-1)37(32-21-9-2-10-22-32,33-23-11-3-12-24-33)39-38(34-25-13-4-14-26-34,35-27-15-5-16-28-35)36-29-17-6-18-30-36/h1-30H/q+2. The van der Waals surface area contributed by atoms with Crippen LogP contribution in [0.5, 0.6) is 0 Å². The maximum Gasteiger partial charge on any atom is 0.576 e. The second-order valence-electron chi connectivity index (χ2n) is 9.45. The molecular formula is C36H30P2Si+2. The van der Waals surface area contributed by atoms with E-state index in [2.05, 4.69) is 182 Å². The van der Waals surface area contributed by atoms with Crippen LogP contribution in [0.4, 0.5) is 0 Å². The van der Waals surface area contributed by atoms with Gasteiger partial charge in [-0.25, -0.2) is 0 Å². The summed E-state index contributed by atoms with van der Waals surface area (Å²) >= 11 is 0. The Balaban J connectivity index is 1.76. The summed E-state index contributed by atoms with van der Waals surface area (Å²) in [6.45, 7) is -4.19. The molecule has 2 radical (unpaired) electrons. The molecule has 0 nitrogen and oxygen atoms in total. The molecule has 0 saturated heterocycles. The molecule has 0 atom stereocenters. The first-order chi connectivity index (χ1) is 19.3. The lowest BCUT2D eigenvalue weighted by Crippen LogP contribution is -2.43. The van der Waals surface area contributed by atoms with E-state index in [1.54, 1.807) is 0 Å². The molecule has 0 aromatic heterocycles. The third-order valence-corrected chi connectivity index (χ3v) is 26.0. The second-order valence-corrected chi connectivity index (χ2v) is 21.9. The minimum atomic E-state index is -2.09. The second kappa shape index (κ2) is 11.6. The van der Waals surface area contributed by atoms with E-state index in [0.717, 1.165) is 0 Å². The van der Waals surface area contributed by atoms with Gasteiger partial charge in [0, 0.05) is 0 Å². The maximum atomic E-state index is 2.37. The van der Waals surface area contributed by atoms with E-state index in [1.807, 2.05) is 0 Å². The van der Waals surface area contributed by atoms with Crippen molar-refractivity contribution in [3.63, 3.8) is 0 Å². The van der Waals surface area contributed by atoms with Crippen molar-refractivity contribution in [3.8, 4) is 0 Å². The molecule has 6 aromatic carbocycles. The first-order valence-corrected chi connectivity index (χ1v) is 19.5. The zero-order valence-electron chi connectivity index (χ0n) is 21.7. The lowest BCUT2D eigenvalue weighted by molar-refractivity contribution is 1.73. The highest BCUT2D eigenvalue weighted by Crippen LogP contribution is 2.68. The summed E-state index contributed by atoms with van der Waals surface area (Å²) < 4.78 is 0. The van der Waals surface area contributed by atoms with E-state index in [0.29, 0.717) is 8.85 Å². The molecule has 0 spiro atoms. The van der Waals surface area contributed by atoms with Crippen LogP contribution in [0.1, 0.15) is 0 Å². The summed E-state index contributed by atoms with van der Waals surface area (Å²) in [7, 11) is 0.642. The van der Waals surface area contributed by atoms with Crippen molar-refractivity contribution in [1.82, 2.24) is 0 Å². The van der Waals surface area contributed by atoms with Crippen LogP contribution in [0.3, 0.4) is 0 Å². The molecule has 6 rings (SSSR count). The van der Waals surface area contributed by atoms with Gasteiger partial charge in [0.15, 0.2) is 0 Å². The van der Waals surface area contributed by atoms with Gasteiger partial charge in [-0.2, -0.15) is 0 Å². The molecule has 39 heavy (non-hydrogen) atoms. The maximum absolute atomic E-state index is 2.37. The van der Waals surface area contributed by atoms with Crippen molar-refractivity contribution in [2.75, 3.05) is 0 Å². The van der Waals surface area contributed by atoms with Crippen LogP contribution < -0.4 is 31.8 Å². The van der Waals surface area contributed by atoms with E-state index in [1.165, 1.54) is 31.8 Å². The summed E-state index contributed by atoms with van der Waals surface area (Å²) in [4.78, 5) is 0. The van der Waals surface area contributed by atoms with Crippen molar-refractivity contribution in [2.45, 2.75) is 0 Å². The summed E-state index contributed by atoms with van der Waals surface area (Å²) in [5.74, 6) is 0. The van der Waals surface area contributed by atoms with Gasteiger partial charge in [-0.3, -0.25) is 0 Å². The Labute approximate surface area is 235 Å². The van der Waals surface area contributed by atoms with E-state index < -0.39 is 13.6 Å². The molecule has 0 heterocycles. The SMILES string of the molecule is c1ccc([P+]([Si][P+](c2ccccc2)(c2ccccc2)c2ccccc2)(c2ccccc2)c2ccccc2)cc1. The molecular weight excluding hydrogens is 522 g/mol. The van der Waals surface area contributed by atoms with E-state index >= 15 is 0 Å². The lowest BCUT2D eigenvalue weighted by atomic mass is 10.4. The Morgan fingerprint density at radius 2 is 0.385 bits per heavy atom. The third kappa shape index (κ3) is 4.84. The van der Waals surface area contributed by atoms with E-state index in [9.17, 15) is 0 Å². The number of hydrogen-bond donors (Lipinski definition) is 0. The topological polar surface area (TPSA) is 0 Å². The fraction of sp³-hybridized carbons (Fsp3) is 0. The average Bonchev–Trinajstić information content (AvgIpc) is 3.04. The number of rotatable bonds is 8. The van der Waals surface area contributed by atoms with Gasteiger partial charge in [0.25, 0.3) is 0 Å². The van der Waals surface area contributed by atoms with Crippen LogP contribution >= 0.6 is 13.6 Å². The fourth-order valence-electron chi connectivity index (χ4n) is 5.38. The molecule has 0 N–H and O–H groups in total. The molecule has 0 aliphatic rings. The van der Waals surface area contributed by atoms with Crippen LogP contribution in [-0.4, -0.2) is 8.85 Å². The first-order valence-electron chi connectivity index (χ1n) is 13.3. The summed E-state index contributed by atoms with van der Waals surface area (Å²) in [6, 6.07) is 67.9. The highest BCUT2D eigenvalue weighted by molar-refractivity contribution is 8.41. The summed E-state index contributed by atoms with van der Waals surface area (Å²) in [6.07, 6.45) is 0. The monoisotopic (exact) mass is 552 g/mol. The van der Waals surface area contributed by atoms with Crippen LogP contribution in [0.25, 0.3) is 0 Å². The molecule has 0 aliphatic heterocycles. The summed E-state index contributed by atoms with van der Waals surface area (Å²) in [5.41, 5.74) is 0. The van der Waals surface area contributed by atoms with Crippen molar-refractivity contribution in [1.29, 1.82) is 0 Å². The van der Waals surface area contributed by atoms with Gasteiger partial charge >= 0.3 is 8.85 Å². The van der Waals surface area contributed by atoms with Gasteiger partial charge in [0.05, 0.1) is 31.8 Å². The van der Waals surface area contributed by atoms with E-state index in [-0.39, 0.29) is 0 Å². The van der Waals surface area contributed by atoms with Gasteiger partial charge in [-0.1, -0.05) is 109 Å². The van der Waals surface area contributed by atoms with Gasteiger partial charge in [0.2, 0.25) is 0 Å². The predicted molar refractivity (Wildman–Crippen MR) is 176 cm³/mol. The Kier molecular flexibility index (Phi) is 7.66. The van der Waals surface area contributed by atoms with Gasteiger partial charge < -0.3 is 0 Å². The van der Waals surface area contributed by atoms with Crippen molar-refractivity contribution < 1.29 is 0 Å². The quantitative estimate of drug-likeness (QED) is 0.149. The molecule has 0 fully saturated rings. The van der Waals surface area contributed by atoms with Gasteiger partial charge in [-0.15, -0.1) is 0 Å². The van der Waals surface area contributed by atoms with Gasteiger partial charge in [0.1, 0.15) is 13.6 Å². The molecule has 186 valence electrons. The van der Waals surface area contributed by atoms with Crippen molar-refractivity contribution in [3.05, 3.63) is 182 Å². The van der Waals surface area contributed by atoms with Crippen molar-refractivity contribution >= 4 is 54.3 Å². The Morgan fingerprint density at radius 3 is 0.538 bits per heavy atom.